The molecular formula is C31H28ClFLiN3O7. The van der Waals surface area contributed by atoms with Gasteiger partial charge in [-0.3, -0.25) is 19.4 Å². The molecule has 0 bridgehead atoms. The van der Waals surface area contributed by atoms with Crippen molar-refractivity contribution in [2.45, 2.75) is 25.7 Å². The summed E-state index contributed by atoms with van der Waals surface area (Å²) in [6, 6.07) is 15.1. The number of pyridine rings is 1. The Labute approximate surface area is 270 Å². The molecule has 0 unspecified atom stereocenters. The second-order valence-electron chi connectivity index (χ2n) is 9.92. The maximum Gasteiger partial charge on any atom is 1.00 e. The van der Waals surface area contributed by atoms with Crippen LogP contribution in [0.2, 0.25) is 5.02 Å². The van der Waals surface area contributed by atoms with Gasteiger partial charge in [-0.05, 0) is 73.9 Å². The van der Waals surface area contributed by atoms with Crippen molar-refractivity contribution in [1.82, 2.24) is 4.98 Å². The molecule has 3 aromatic carbocycles. The number of aromatic nitrogens is 1. The first-order valence-corrected chi connectivity index (χ1v) is 13.7. The standard InChI is InChI=1S/C31H27ClFN3O7.Li.H/c1-41-26-16-21-23(17-27(26)42-14-2-3-28(37)38)34-13-10-24(21)43-25-9-8-20(15-22(25)32)36-30(40)31(11-12-31)29(39)35-19-6-4-18(33)5-7-19;;/h4-10,13,15-17H,2-3,11-12,14H2,1H3,(H,35,39)(H,36,40)(H,37,38);;/q;+1;-1. The van der Waals surface area contributed by atoms with Gasteiger partial charge in [-0.1, -0.05) is 11.6 Å². The van der Waals surface area contributed by atoms with Crippen LogP contribution < -0.4 is 43.7 Å². The molecule has 1 heterocycles. The van der Waals surface area contributed by atoms with Gasteiger partial charge in [-0.2, -0.15) is 0 Å². The van der Waals surface area contributed by atoms with Gasteiger partial charge in [0.1, 0.15) is 22.7 Å². The summed E-state index contributed by atoms with van der Waals surface area (Å²) in [5.41, 5.74) is 0.120. The molecule has 0 aliphatic heterocycles. The summed E-state index contributed by atoms with van der Waals surface area (Å²) >= 11 is 6.52. The minimum Gasteiger partial charge on any atom is -1.00 e. The van der Waals surface area contributed by atoms with E-state index in [-0.39, 0.29) is 38.3 Å². The molecule has 1 aliphatic carbocycles. The van der Waals surface area contributed by atoms with E-state index in [1.165, 1.54) is 37.4 Å². The molecule has 44 heavy (non-hydrogen) atoms. The van der Waals surface area contributed by atoms with Crippen molar-refractivity contribution in [3.05, 3.63) is 77.7 Å². The summed E-state index contributed by atoms with van der Waals surface area (Å²) in [4.78, 5) is 41.0. The SMILES string of the molecule is COc1cc2c(Oc3ccc(NC(=O)C4(C(=O)Nc5ccc(F)cc5)CC4)cc3Cl)ccnc2cc1OCCCC(=O)O.[H-].[Li+]. The maximum atomic E-state index is 13.2. The predicted molar refractivity (Wildman–Crippen MR) is 159 cm³/mol. The molecule has 5 rings (SSSR count). The average Bonchev–Trinajstić information content (AvgIpc) is 3.80. The van der Waals surface area contributed by atoms with Crippen molar-refractivity contribution in [1.29, 1.82) is 0 Å². The number of carboxylic acids is 1. The Kier molecular flexibility index (Phi) is 10.4. The molecule has 13 heteroatoms. The van der Waals surface area contributed by atoms with Crippen molar-refractivity contribution in [3.63, 3.8) is 0 Å². The molecule has 0 radical (unpaired) electrons. The van der Waals surface area contributed by atoms with Crippen LogP contribution in [0.25, 0.3) is 10.9 Å². The van der Waals surface area contributed by atoms with Gasteiger partial charge in [-0.25, -0.2) is 4.39 Å². The molecular weight excluding hydrogens is 588 g/mol. The van der Waals surface area contributed by atoms with Crippen LogP contribution >= 0.6 is 11.6 Å². The summed E-state index contributed by atoms with van der Waals surface area (Å²) in [7, 11) is 1.49. The van der Waals surface area contributed by atoms with Crippen molar-refractivity contribution in [2.24, 2.45) is 5.41 Å². The van der Waals surface area contributed by atoms with Gasteiger partial charge < -0.3 is 31.4 Å². The van der Waals surface area contributed by atoms with E-state index in [4.69, 9.17) is 30.9 Å². The Morgan fingerprint density at radius 1 is 0.955 bits per heavy atom. The van der Waals surface area contributed by atoms with E-state index in [0.717, 1.165) is 0 Å². The zero-order chi connectivity index (χ0) is 30.6. The van der Waals surface area contributed by atoms with Crippen LogP contribution in [0.1, 0.15) is 27.1 Å². The van der Waals surface area contributed by atoms with E-state index in [0.29, 0.717) is 64.5 Å². The number of nitrogens with zero attached hydrogens (tertiary/aromatic N) is 1. The Morgan fingerprint density at radius 2 is 1.64 bits per heavy atom. The molecule has 10 nitrogen and oxygen atoms in total. The first-order valence-electron chi connectivity index (χ1n) is 13.4. The molecule has 4 aromatic rings. The van der Waals surface area contributed by atoms with Crippen LogP contribution in [0.3, 0.4) is 0 Å². The van der Waals surface area contributed by atoms with E-state index < -0.39 is 29.0 Å². The predicted octanol–water partition coefficient (Wildman–Crippen LogP) is 3.55. The average molecular weight is 616 g/mol. The molecule has 224 valence electrons. The number of fused-ring (bicyclic) bond motifs is 1. The molecule has 2 amide bonds. The van der Waals surface area contributed by atoms with Crippen LogP contribution in [0.15, 0.2) is 66.9 Å². The summed E-state index contributed by atoms with van der Waals surface area (Å²) in [6.07, 6.45) is 2.66. The fourth-order valence-electron chi connectivity index (χ4n) is 4.39. The molecule has 3 N–H and O–H groups in total. The zero-order valence-corrected chi connectivity index (χ0v) is 24.7. The van der Waals surface area contributed by atoms with Gasteiger partial charge >= 0.3 is 24.8 Å². The third-order valence-electron chi connectivity index (χ3n) is 6.91. The number of ether oxygens (including phenoxy) is 3. The van der Waals surface area contributed by atoms with E-state index in [2.05, 4.69) is 15.6 Å². The largest absolute Gasteiger partial charge is 1.00 e. The van der Waals surface area contributed by atoms with E-state index >= 15 is 0 Å². The van der Waals surface area contributed by atoms with Crippen LogP contribution in [0.4, 0.5) is 15.8 Å². The smallest absolute Gasteiger partial charge is 1.00 e. The van der Waals surface area contributed by atoms with Crippen LogP contribution in [0, 0.1) is 11.2 Å². The normalized spacial score (nSPS) is 12.9. The number of anilines is 2. The van der Waals surface area contributed by atoms with Crippen molar-refractivity contribution in [2.75, 3.05) is 24.4 Å². The molecule has 1 fully saturated rings. The van der Waals surface area contributed by atoms with Crippen LogP contribution in [0.5, 0.6) is 23.0 Å². The molecule has 0 spiro atoms. The third kappa shape index (κ3) is 7.42. The number of benzene rings is 3. The number of carbonyl (C=O) groups is 3. The zero-order valence-electron chi connectivity index (χ0n) is 25.0. The Bertz CT molecular complexity index is 1710. The molecule has 1 saturated carbocycles. The second kappa shape index (κ2) is 14.0. The maximum absolute atomic E-state index is 13.2. The van der Waals surface area contributed by atoms with Gasteiger partial charge in [0.15, 0.2) is 11.5 Å². The summed E-state index contributed by atoms with van der Waals surface area (Å²) in [5, 5.41) is 15.1. The number of methoxy groups -OCH3 is 1. The second-order valence-corrected chi connectivity index (χ2v) is 10.3. The molecule has 1 aromatic heterocycles. The van der Waals surface area contributed by atoms with Gasteiger partial charge in [0, 0.05) is 35.4 Å². The summed E-state index contributed by atoms with van der Waals surface area (Å²) < 4.78 is 30.5. The Hall–Kier alpha value is -4.30. The van der Waals surface area contributed by atoms with E-state index in [9.17, 15) is 18.8 Å². The van der Waals surface area contributed by atoms with Gasteiger partial charge in [0.25, 0.3) is 0 Å². The summed E-state index contributed by atoms with van der Waals surface area (Å²) in [6.45, 7) is 0.197. The Balaban J connectivity index is 0.00000276. The van der Waals surface area contributed by atoms with Crippen LogP contribution in [-0.4, -0.2) is 41.6 Å². The summed E-state index contributed by atoms with van der Waals surface area (Å²) in [5.74, 6) is -0.663. The van der Waals surface area contributed by atoms with Gasteiger partial charge in [0.2, 0.25) is 11.8 Å². The number of hydrogen-bond donors (Lipinski definition) is 3. The number of hydrogen-bond acceptors (Lipinski definition) is 7. The topological polar surface area (TPSA) is 136 Å². The van der Waals surface area contributed by atoms with E-state index in [1.807, 2.05) is 0 Å². The first kappa shape index (κ1) is 32.6. The molecule has 1 aliphatic rings. The fourth-order valence-corrected chi connectivity index (χ4v) is 4.61. The number of carboxylic acid groups (broad SMARTS) is 1. The van der Waals surface area contributed by atoms with Gasteiger partial charge in [-0.15, -0.1) is 0 Å². The first-order chi connectivity index (χ1) is 20.7. The third-order valence-corrected chi connectivity index (χ3v) is 7.21. The molecule has 0 saturated heterocycles. The fraction of sp³-hybridized carbons (Fsp3) is 0.226. The van der Waals surface area contributed by atoms with Crippen molar-refractivity contribution in [3.8, 4) is 23.0 Å². The van der Waals surface area contributed by atoms with Crippen LogP contribution in [-0.2, 0) is 14.4 Å². The Morgan fingerprint density at radius 3 is 2.27 bits per heavy atom. The van der Waals surface area contributed by atoms with Gasteiger partial charge in [0.05, 0.1) is 24.3 Å². The number of rotatable bonds is 12. The van der Waals surface area contributed by atoms with Crippen molar-refractivity contribution < 1.29 is 58.4 Å². The number of carbonyl (C=O) groups excluding carboxylic acids is 2. The van der Waals surface area contributed by atoms with Crippen molar-refractivity contribution >= 4 is 51.7 Å². The monoisotopic (exact) mass is 615 g/mol. The minimum absolute atomic E-state index is 0. The minimum atomic E-state index is -1.22. The van der Waals surface area contributed by atoms with E-state index in [1.54, 1.807) is 36.5 Å². The number of halogens is 2. The number of aliphatic carboxylic acids is 1. The quantitative estimate of drug-likeness (QED) is 0.125. The number of nitrogens with one attached hydrogen (secondary N) is 2. The number of amides is 2. The molecule has 0 atom stereocenters.